The second-order valence-corrected chi connectivity index (χ2v) is 8.09. The van der Waals surface area contributed by atoms with Crippen LogP contribution in [0.1, 0.15) is 30.3 Å². The van der Waals surface area contributed by atoms with E-state index in [4.69, 9.17) is 11.6 Å². The van der Waals surface area contributed by atoms with Crippen molar-refractivity contribution in [3.63, 3.8) is 0 Å². The Kier molecular flexibility index (Phi) is 5.76. The van der Waals surface area contributed by atoms with Gasteiger partial charge in [0.15, 0.2) is 17.5 Å². The maximum absolute atomic E-state index is 13.3. The normalized spacial score (nSPS) is 17.0. The Labute approximate surface area is 172 Å². The van der Waals surface area contributed by atoms with Gasteiger partial charge in [0, 0.05) is 61.6 Å². The highest BCUT2D eigenvalue weighted by Gasteiger charge is 2.53. The van der Waals surface area contributed by atoms with Crippen LogP contribution in [-0.2, 0) is 7.05 Å². The molecular formula is C17H16ClF5N4OS. The number of nitrogens with one attached hydrogen (secondary N) is 3. The van der Waals surface area contributed by atoms with E-state index < -0.39 is 34.8 Å². The third-order valence-electron chi connectivity index (χ3n) is 4.33. The van der Waals surface area contributed by atoms with Crippen LogP contribution in [-0.4, -0.2) is 21.9 Å². The fourth-order valence-electron chi connectivity index (χ4n) is 3.11. The number of halogens is 6. The molecule has 2 aromatic rings. The lowest BCUT2D eigenvalue weighted by Gasteiger charge is -2.44. The Morgan fingerprint density at radius 1 is 1.21 bits per heavy atom. The van der Waals surface area contributed by atoms with E-state index in [0.29, 0.717) is 17.8 Å². The smallest absolute Gasteiger partial charge is 0.273 e. The predicted molar refractivity (Wildman–Crippen MR) is 102 cm³/mol. The molecule has 0 bridgehead atoms. The fraction of sp³-hybridized carbons (Fsp3) is 0.353. The molecule has 1 heterocycles. The van der Waals surface area contributed by atoms with Crippen molar-refractivity contribution < 1.29 is 26.7 Å². The molecule has 1 aromatic heterocycles. The molecule has 1 aliphatic carbocycles. The lowest BCUT2D eigenvalue weighted by molar-refractivity contribution is -0.120. The molecule has 3 N–H and O–H groups in total. The average Bonchev–Trinajstić information content (AvgIpc) is 2.84. The van der Waals surface area contributed by atoms with E-state index >= 15 is 0 Å². The molecule has 0 atom stereocenters. The third kappa shape index (κ3) is 4.62. The molecule has 0 radical (unpaired) electrons. The number of carbonyl (C=O) groups excluding carboxylic acids is 1. The van der Waals surface area contributed by atoms with Crippen LogP contribution >= 0.6 is 23.7 Å². The summed E-state index contributed by atoms with van der Waals surface area (Å²) < 4.78 is 72.8. The first-order chi connectivity index (χ1) is 13.4. The van der Waals surface area contributed by atoms with Gasteiger partial charge in [0.1, 0.15) is 5.69 Å². The monoisotopic (exact) mass is 454 g/mol. The minimum Gasteiger partial charge on any atom is -0.343 e. The average molecular weight is 455 g/mol. The van der Waals surface area contributed by atoms with Crippen molar-refractivity contribution in [2.75, 3.05) is 10.0 Å². The maximum Gasteiger partial charge on any atom is 0.273 e. The van der Waals surface area contributed by atoms with Gasteiger partial charge in [-0.05, 0) is 6.92 Å². The second-order valence-electron chi connectivity index (χ2n) is 7.10. The first-order valence-corrected chi connectivity index (χ1v) is 9.48. The Bertz CT molecular complexity index is 937. The zero-order chi connectivity index (χ0) is 21.6. The number of aryl methyl sites for hydroxylation is 1. The van der Waals surface area contributed by atoms with Crippen LogP contribution in [0.25, 0.3) is 0 Å². The van der Waals surface area contributed by atoms with Crippen molar-refractivity contribution in [1.29, 1.82) is 0 Å². The number of benzene rings is 1. The van der Waals surface area contributed by atoms with E-state index in [-0.39, 0.29) is 29.2 Å². The van der Waals surface area contributed by atoms with Crippen molar-refractivity contribution in [3.05, 3.63) is 46.5 Å². The Morgan fingerprint density at radius 2 is 1.79 bits per heavy atom. The number of rotatable bonds is 6. The lowest BCUT2D eigenvalue weighted by atomic mass is 9.76. The summed E-state index contributed by atoms with van der Waals surface area (Å²) in [7, 11) is 1.52. The maximum atomic E-state index is 13.3. The zero-order valence-corrected chi connectivity index (χ0v) is 16.8. The van der Waals surface area contributed by atoms with Crippen LogP contribution in [0.3, 0.4) is 0 Å². The SMILES string of the molecule is Cn1cc(NSNC2(C)CC(F)(F)C2)c(Cl)c1C(=O)Nc1cc(F)c(F)c(F)c1. The molecule has 1 aliphatic rings. The summed E-state index contributed by atoms with van der Waals surface area (Å²) in [6.07, 6.45) is 0.890. The van der Waals surface area contributed by atoms with Crippen LogP contribution in [0.5, 0.6) is 0 Å². The van der Waals surface area contributed by atoms with Crippen molar-refractivity contribution in [1.82, 2.24) is 9.29 Å². The van der Waals surface area contributed by atoms with Gasteiger partial charge in [0.25, 0.3) is 11.8 Å². The van der Waals surface area contributed by atoms with Crippen LogP contribution < -0.4 is 14.8 Å². The minimum absolute atomic E-state index is 0.00597. The summed E-state index contributed by atoms with van der Waals surface area (Å²) in [5.41, 5.74) is -0.725. The molecule has 1 saturated carbocycles. The standard InChI is InChI=1S/C17H16ClF5N4OS/c1-16(6-17(22,23)7-16)26-29-25-11-5-27(2)14(12(11)18)15(28)24-8-3-9(19)13(21)10(20)4-8/h3-5,25-26H,6-7H2,1-2H3,(H,24,28). The first kappa shape index (κ1) is 21.7. The highest BCUT2D eigenvalue weighted by molar-refractivity contribution is 7.98. The van der Waals surface area contributed by atoms with E-state index in [0.717, 1.165) is 12.1 Å². The molecular weight excluding hydrogens is 439 g/mol. The van der Waals surface area contributed by atoms with E-state index in [2.05, 4.69) is 14.8 Å². The topological polar surface area (TPSA) is 58.1 Å². The Morgan fingerprint density at radius 3 is 2.34 bits per heavy atom. The summed E-state index contributed by atoms with van der Waals surface area (Å²) >= 11 is 7.15. The Balaban J connectivity index is 1.66. The molecule has 29 heavy (non-hydrogen) atoms. The van der Waals surface area contributed by atoms with Gasteiger partial charge in [-0.2, -0.15) is 0 Å². The molecule has 1 amide bonds. The lowest BCUT2D eigenvalue weighted by Crippen LogP contribution is -2.56. The first-order valence-electron chi connectivity index (χ1n) is 8.28. The van der Waals surface area contributed by atoms with Gasteiger partial charge >= 0.3 is 0 Å². The molecule has 0 saturated heterocycles. The number of carbonyl (C=O) groups is 1. The Hall–Kier alpha value is -1.98. The van der Waals surface area contributed by atoms with Gasteiger partial charge in [-0.25, -0.2) is 26.7 Å². The summed E-state index contributed by atoms with van der Waals surface area (Å²) in [5.74, 6) is -8.00. The van der Waals surface area contributed by atoms with Crippen molar-refractivity contribution in [3.8, 4) is 0 Å². The highest BCUT2D eigenvalue weighted by Crippen LogP contribution is 2.46. The van der Waals surface area contributed by atoms with E-state index in [9.17, 15) is 26.7 Å². The quantitative estimate of drug-likeness (QED) is 0.323. The van der Waals surface area contributed by atoms with Gasteiger partial charge in [0.2, 0.25) is 0 Å². The van der Waals surface area contributed by atoms with Crippen LogP contribution in [0.15, 0.2) is 18.3 Å². The minimum atomic E-state index is -2.68. The number of nitrogens with zero attached hydrogens (tertiary/aromatic N) is 1. The van der Waals surface area contributed by atoms with E-state index in [1.54, 1.807) is 6.92 Å². The molecule has 12 heteroatoms. The summed E-state index contributed by atoms with van der Waals surface area (Å²) in [6, 6.07) is 1.28. The number of anilines is 2. The van der Waals surface area contributed by atoms with Crippen LogP contribution in [0.4, 0.5) is 33.3 Å². The van der Waals surface area contributed by atoms with Gasteiger partial charge < -0.3 is 14.6 Å². The zero-order valence-electron chi connectivity index (χ0n) is 15.2. The van der Waals surface area contributed by atoms with Crippen LogP contribution in [0.2, 0.25) is 5.02 Å². The van der Waals surface area contributed by atoms with Gasteiger partial charge in [-0.3, -0.25) is 4.79 Å². The molecule has 1 fully saturated rings. The van der Waals surface area contributed by atoms with Crippen LogP contribution in [0, 0.1) is 17.5 Å². The van der Waals surface area contributed by atoms with E-state index in [1.807, 2.05) is 0 Å². The molecule has 5 nitrogen and oxygen atoms in total. The number of alkyl halides is 2. The van der Waals surface area contributed by atoms with Gasteiger partial charge in [0.05, 0.1) is 10.7 Å². The molecule has 3 rings (SSSR count). The summed E-state index contributed by atoms with van der Waals surface area (Å²) in [5, 5.41) is 2.25. The number of hydrogen-bond acceptors (Lipinski definition) is 4. The summed E-state index contributed by atoms with van der Waals surface area (Å²) in [6.45, 7) is 1.66. The fourth-order valence-corrected chi connectivity index (χ4v) is 4.19. The highest BCUT2D eigenvalue weighted by atomic mass is 35.5. The molecule has 158 valence electrons. The summed E-state index contributed by atoms with van der Waals surface area (Å²) in [4.78, 5) is 12.4. The number of aromatic nitrogens is 1. The predicted octanol–water partition coefficient (Wildman–Crippen LogP) is 5.10. The molecule has 1 aromatic carbocycles. The largest absolute Gasteiger partial charge is 0.343 e. The van der Waals surface area contributed by atoms with Crippen molar-refractivity contribution in [2.24, 2.45) is 7.05 Å². The van der Waals surface area contributed by atoms with Gasteiger partial charge in [-0.15, -0.1) is 0 Å². The number of hydrogen-bond donors (Lipinski definition) is 3. The number of amides is 1. The van der Waals surface area contributed by atoms with Gasteiger partial charge in [-0.1, -0.05) is 11.6 Å². The molecule has 0 spiro atoms. The van der Waals surface area contributed by atoms with Crippen molar-refractivity contribution >= 4 is 41.0 Å². The molecule has 0 aliphatic heterocycles. The molecule has 0 unspecified atom stereocenters. The van der Waals surface area contributed by atoms with E-state index in [1.165, 1.54) is 17.8 Å². The van der Waals surface area contributed by atoms with Crippen molar-refractivity contribution in [2.45, 2.75) is 31.2 Å². The third-order valence-corrected chi connectivity index (χ3v) is 5.63. The second kappa shape index (κ2) is 7.69.